The molecule has 0 bridgehead atoms. The standard InChI is InChI=1S/C22H22F2N2O4S/c1-14(21(27)9-4-15-3-2-10-26-13-15)30-17-7-5-16(6-8-17)18-11-20(24)22(12-19(18)23)31(25,28)29/h2-3,5-8,10-14,21,27H,4,9H2,1H3,(H2,25,28,29). The SMILES string of the molecule is CC(Oc1ccc(-c2cc(F)c(S(N)(=O)=O)cc2F)cc1)C(O)CCc1cccnc1. The van der Waals surface area contributed by atoms with Crippen LogP contribution in [0.15, 0.2) is 65.8 Å². The molecule has 1 aromatic heterocycles. The second kappa shape index (κ2) is 9.51. The van der Waals surface area contributed by atoms with E-state index >= 15 is 0 Å². The average molecular weight is 448 g/mol. The van der Waals surface area contributed by atoms with Crippen LogP contribution >= 0.6 is 0 Å². The van der Waals surface area contributed by atoms with Crippen molar-refractivity contribution in [3.05, 3.63) is 78.1 Å². The first kappa shape index (κ1) is 22.8. The largest absolute Gasteiger partial charge is 0.488 e. The zero-order chi connectivity index (χ0) is 22.6. The first-order valence-electron chi connectivity index (χ1n) is 9.51. The summed E-state index contributed by atoms with van der Waals surface area (Å²) in [5.74, 6) is -1.61. The van der Waals surface area contributed by atoms with Crippen molar-refractivity contribution in [3.63, 3.8) is 0 Å². The van der Waals surface area contributed by atoms with Gasteiger partial charge < -0.3 is 9.84 Å². The van der Waals surface area contributed by atoms with Crippen LogP contribution in [0.5, 0.6) is 5.75 Å². The maximum Gasteiger partial charge on any atom is 0.241 e. The first-order valence-corrected chi connectivity index (χ1v) is 11.1. The van der Waals surface area contributed by atoms with Crippen LogP contribution in [-0.2, 0) is 16.4 Å². The summed E-state index contributed by atoms with van der Waals surface area (Å²) >= 11 is 0. The van der Waals surface area contributed by atoms with Gasteiger partial charge in [0.2, 0.25) is 10.0 Å². The van der Waals surface area contributed by atoms with E-state index in [0.29, 0.717) is 30.2 Å². The molecular formula is C22H22F2N2O4S. The monoisotopic (exact) mass is 448 g/mol. The summed E-state index contributed by atoms with van der Waals surface area (Å²) in [5, 5.41) is 15.2. The van der Waals surface area contributed by atoms with E-state index in [1.807, 2.05) is 12.1 Å². The van der Waals surface area contributed by atoms with Crippen molar-refractivity contribution >= 4 is 10.0 Å². The molecule has 0 saturated heterocycles. The van der Waals surface area contributed by atoms with Gasteiger partial charge in [0, 0.05) is 18.0 Å². The van der Waals surface area contributed by atoms with Crippen molar-refractivity contribution in [2.45, 2.75) is 36.9 Å². The summed E-state index contributed by atoms with van der Waals surface area (Å²) in [6.45, 7) is 1.74. The molecule has 2 aromatic carbocycles. The highest BCUT2D eigenvalue weighted by atomic mass is 32.2. The Bertz CT molecular complexity index is 1140. The molecule has 0 aliphatic heterocycles. The zero-order valence-corrected chi connectivity index (χ0v) is 17.5. The van der Waals surface area contributed by atoms with Crippen LogP contribution in [0.25, 0.3) is 11.1 Å². The smallest absolute Gasteiger partial charge is 0.241 e. The normalized spacial score (nSPS) is 13.6. The number of aliphatic hydroxyl groups is 1. The van der Waals surface area contributed by atoms with E-state index in [2.05, 4.69) is 4.98 Å². The van der Waals surface area contributed by atoms with Gasteiger partial charge in [-0.1, -0.05) is 18.2 Å². The fourth-order valence-corrected chi connectivity index (χ4v) is 3.67. The number of aliphatic hydroxyl groups excluding tert-OH is 1. The number of aryl methyl sites for hydroxylation is 1. The number of sulfonamides is 1. The molecular weight excluding hydrogens is 426 g/mol. The molecule has 0 amide bonds. The lowest BCUT2D eigenvalue weighted by atomic mass is 10.0. The second-order valence-corrected chi connectivity index (χ2v) is 8.65. The Morgan fingerprint density at radius 2 is 1.84 bits per heavy atom. The summed E-state index contributed by atoms with van der Waals surface area (Å²) in [4.78, 5) is 3.14. The van der Waals surface area contributed by atoms with Crippen molar-refractivity contribution < 1.29 is 27.0 Å². The molecule has 0 aliphatic carbocycles. The van der Waals surface area contributed by atoms with Crippen molar-refractivity contribution in [3.8, 4) is 16.9 Å². The molecule has 1 heterocycles. The van der Waals surface area contributed by atoms with Gasteiger partial charge in [0.25, 0.3) is 0 Å². The molecule has 0 aliphatic rings. The minimum atomic E-state index is -4.37. The summed E-state index contributed by atoms with van der Waals surface area (Å²) in [7, 11) is -4.37. The average Bonchev–Trinajstić information content (AvgIpc) is 2.74. The lowest BCUT2D eigenvalue weighted by molar-refractivity contribution is 0.0420. The van der Waals surface area contributed by atoms with Gasteiger partial charge in [-0.25, -0.2) is 22.3 Å². The molecule has 3 aromatic rings. The molecule has 0 fully saturated rings. The predicted octanol–water partition coefficient (Wildman–Crippen LogP) is 3.44. The van der Waals surface area contributed by atoms with Gasteiger partial charge >= 0.3 is 0 Å². The molecule has 2 atom stereocenters. The number of halogens is 2. The van der Waals surface area contributed by atoms with Gasteiger partial charge in [-0.2, -0.15) is 0 Å². The number of pyridine rings is 1. The lowest BCUT2D eigenvalue weighted by Gasteiger charge is -2.20. The predicted molar refractivity (Wildman–Crippen MR) is 112 cm³/mol. The van der Waals surface area contributed by atoms with Crippen LogP contribution in [-0.4, -0.2) is 30.7 Å². The molecule has 3 rings (SSSR count). The molecule has 6 nitrogen and oxygen atoms in total. The van der Waals surface area contributed by atoms with Crippen LogP contribution in [0, 0.1) is 11.6 Å². The number of benzene rings is 2. The maximum atomic E-state index is 14.3. The van der Waals surface area contributed by atoms with Gasteiger partial charge in [-0.05, 0) is 61.2 Å². The van der Waals surface area contributed by atoms with Crippen molar-refractivity contribution in [1.82, 2.24) is 4.98 Å². The van der Waals surface area contributed by atoms with Gasteiger partial charge in [-0.15, -0.1) is 0 Å². The van der Waals surface area contributed by atoms with Crippen LogP contribution in [0.1, 0.15) is 18.9 Å². The van der Waals surface area contributed by atoms with Gasteiger partial charge in [0.05, 0.1) is 6.10 Å². The van der Waals surface area contributed by atoms with Crippen LogP contribution in [0.3, 0.4) is 0 Å². The Labute approximate surface area is 179 Å². The summed E-state index contributed by atoms with van der Waals surface area (Å²) in [5.41, 5.74) is 1.23. The van der Waals surface area contributed by atoms with E-state index in [9.17, 15) is 22.3 Å². The molecule has 164 valence electrons. The third-order valence-electron chi connectivity index (χ3n) is 4.81. The number of aromatic nitrogens is 1. The molecule has 0 spiro atoms. The maximum absolute atomic E-state index is 14.3. The topological polar surface area (TPSA) is 103 Å². The van der Waals surface area contributed by atoms with E-state index in [-0.39, 0.29) is 5.56 Å². The van der Waals surface area contributed by atoms with Crippen molar-refractivity contribution in [1.29, 1.82) is 0 Å². The first-order chi connectivity index (χ1) is 14.6. The zero-order valence-electron chi connectivity index (χ0n) is 16.7. The number of nitrogens with zero attached hydrogens (tertiary/aromatic N) is 1. The number of nitrogens with two attached hydrogens (primary N) is 1. The molecule has 2 unspecified atom stereocenters. The van der Waals surface area contributed by atoms with E-state index in [1.165, 1.54) is 12.1 Å². The summed E-state index contributed by atoms with van der Waals surface area (Å²) < 4.78 is 56.8. The minimum Gasteiger partial charge on any atom is -0.488 e. The van der Waals surface area contributed by atoms with Crippen molar-refractivity contribution in [2.75, 3.05) is 0 Å². The highest BCUT2D eigenvalue weighted by Gasteiger charge is 2.20. The number of hydrogen-bond acceptors (Lipinski definition) is 5. The van der Waals surface area contributed by atoms with E-state index in [4.69, 9.17) is 9.88 Å². The second-order valence-electron chi connectivity index (χ2n) is 7.12. The van der Waals surface area contributed by atoms with E-state index in [0.717, 1.165) is 11.6 Å². The lowest BCUT2D eigenvalue weighted by Crippen LogP contribution is -2.29. The molecule has 31 heavy (non-hydrogen) atoms. The Morgan fingerprint density at radius 3 is 2.45 bits per heavy atom. The fourth-order valence-electron chi connectivity index (χ4n) is 3.07. The Hall–Kier alpha value is -2.88. The Kier molecular flexibility index (Phi) is 6.99. The van der Waals surface area contributed by atoms with Gasteiger partial charge in [0.15, 0.2) is 0 Å². The highest BCUT2D eigenvalue weighted by Crippen LogP contribution is 2.29. The third-order valence-corrected chi connectivity index (χ3v) is 5.73. The fraction of sp³-hybridized carbons (Fsp3) is 0.227. The quantitative estimate of drug-likeness (QED) is 0.550. The summed E-state index contributed by atoms with van der Waals surface area (Å²) in [6.07, 6.45) is 3.37. The van der Waals surface area contributed by atoms with E-state index < -0.39 is 38.8 Å². The van der Waals surface area contributed by atoms with Crippen LogP contribution in [0.4, 0.5) is 8.78 Å². The van der Waals surface area contributed by atoms with E-state index in [1.54, 1.807) is 31.5 Å². The number of primary sulfonamides is 1. The van der Waals surface area contributed by atoms with Gasteiger partial charge in [0.1, 0.15) is 28.4 Å². The Morgan fingerprint density at radius 1 is 1.13 bits per heavy atom. The Balaban J connectivity index is 1.67. The minimum absolute atomic E-state index is 0.110. The number of rotatable bonds is 8. The molecule has 0 radical (unpaired) electrons. The van der Waals surface area contributed by atoms with Gasteiger partial charge in [-0.3, -0.25) is 4.98 Å². The molecule has 9 heteroatoms. The summed E-state index contributed by atoms with van der Waals surface area (Å²) in [6, 6.07) is 11.3. The molecule has 0 saturated carbocycles. The highest BCUT2D eigenvalue weighted by molar-refractivity contribution is 7.89. The van der Waals surface area contributed by atoms with Crippen LogP contribution < -0.4 is 9.88 Å². The third kappa shape index (κ3) is 5.84. The number of hydrogen-bond donors (Lipinski definition) is 2. The van der Waals surface area contributed by atoms with Crippen LogP contribution in [0.2, 0.25) is 0 Å². The van der Waals surface area contributed by atoms with Crippen molar-refractivity contribution in [2.24, 2.45) is 5.14 Å². The number of ether oxygens (including phenoxy) is 1. The molecule has 3 N–H and O–H groups in total.